The van der Waals surface area contributed by atoms with Crippen molar-refractivity contribution in [2.75, 3.05) is 18.5 Å². The van der Waals surface area contributed by atoms with Crippen LogP contribution < -0.4 is 10.1 Å². The number of hydrogen-bond acceptors (Lipinski definition) is 4. The van der Waals surface area contributed by atoms with Crippen molar-refractivity contribution < 1.29 is 14.3 Å². The molecule has 2 aromatic rings. The minimum atomic E-state index is -0.142. The van der Waals surface area contributed by atoms with E-state index in [0.29, 0.717) is 31.1 Å². The molecule has 0 bridgehead atoms. The van der Waals surface area contributed by atoms with Gasteiger partial charge in [-0.05, 0) is 34.5 Å². The zero-order valence-corrected chi connectivity index (χ0v) is 13.8. The van der Waals surface area contributed by atoms with E-state index in [1.54, 1.807) is 23.5 Å². The Morgan fingerprint density at radius 1 is 1.36 bits per heavy atom. The highest BCUT2D eigenvalue weighted by atomic mass is 35.5. The molecule has 1 unspecified atom stereocenters. The summed E-state index contributed by atoms with van der Waals surface area (Å²) in [5.41, 5.74) is 1.44. The summed E-state index contributed by atoms with van der Waals surface area (Å²) in [5, 5.41) is 7.19. The molecule has 1 aromatic carbocycles. The number of nitrogens with one attached hydrogen (secondary N) is 1. The van der Waals surface area contributed by atoms with E-state index in [-0.39, 0.29) is 22.1 Å². The molecule has 0 spiro atoms. The van der Waals surface area contributed by atoms with Crippen LogP contribution in [0.15, 0.2) is 29.0 Å². The number of epoxide rings is 1. The van der Waals surface area contributed by atoms with Crippen LogP contribution in [0.4, 0.5) is 5.69 Å². The molecule has 7 heteroatoms. The number of hydrogen-bond donors (Lipinski definition) is 1. The van der Waals surface area contributed by atoms with E-state index >= 15 is 0 Å². The Labute approximate surface area is 141 Å². The fourth-order valence-corrected chi connectivity index (χ4v) is 2.95. The second kappa shape index (κ2) is 6.87. The smallest absolute Gasteiger partial charge is 0.228 e. The first-order valence-corrected chi connectivity index (χ1v) is 8.36. The quantitative estimate of drug-likeness (QED) is 0.794. The van der Waals surface area contributed by atoms with E-state index in [9.17, 15) is 4.79 Å². The first kappa shape index (κ1) is 15.6. The first-order valence-electron chi connectivity index (χ1n) is 6.67. The lowest BCUT2D eigenvalue weighted by Gasteiger charge is -2.12. The van der Waals surface area contributed by atoms with Crippen LogP contribution in [-0.4, -0.2) is 25.2 Å². The summed E-state index contributed by atoms with van der Waals surface area (Å²) < 4.78 is 10.6. The molecule has 116 valence electrons. The minimum Gasteiger partial charge on any atom is -0.489 e. The number of carbonyl (C=O) groups excluding carboxylic acids is 1. The van der Waals surface area contributed by atoms with Crippen molar-refractivity contribution in [3.63, 3.8) is 0 Å². The van der Waals surface area contributed by atoms with Crippen LogP contribution >= 0.6 is 34.5 Å². The third-order valence-electron chi connectivity index (χ3n) is 3.09. The summed E-state index contributed by atoms with van der Waals surface area (Å²) in [6.45, 7) is 1.15. The normalized spacial score (nSPS) is 16.4. The summed E-state index contributed by atoms with van der Waals surface area (Å²) in [5.74, 6) is 0.342. The number of ether oxygens (including phenoxy) is 2. The fourth-order valence-electron chi connectivity index (χ4n) is 1.86. The van der Waals surface area contributed by atoms with Crippen molar-refractivity contribution in [3.8, 4) is 5.75 Å². The molecule has 22 heavy (non-hydrogen) atoms. The largest absolute Gasteiger partial charge is 0.489 e. The average Bonchev–Trinajstić information content (AvgIpc) is 3.19. The molecular formula is C15H13Cl2NO3S. The van der Waals surface area contributed by atoms with Crippen LogP contribution in [-0.2, 0) is 16.0 Å². The van der Waals surface area contributed by atoms with Gasteiger partial charge in [-0.25, -0.2) is 0 Å². The number of carbonyl (C=O) groups is 1. The molecule has 2 heterocycles. The standard InChI is InChI=1S/C15H13Cl2NO3S/c16-14-11(18-13(19)5-9-3-4-22-8-9)1-2-12(15(14)17)21-7-10-6-20-10/h1-4,8,10H,5-7H2,(H,18,19). The van der Waals surface area contributed by atoms with E-state index in [2.05, 4.69) is 5.32 Å². The Hall–Kier alpha value is -1.27. The number of rotatable bonds is 6. The Morgan fingerprint density at radius 2 is 2.18 bits per heavy atom. The summed E-state index contributed by atoms with van der Waals surface area (Å²) in [4.78, 5) is 12.0. The molecule has 4 nitrogen and oxygen atoms in total. The van der Waals surface area contributed by atoms with Gasteiger partial charge in [0.25, 0.3) is 0 Å². The van der Waals surface area contributed by atoms with Crippen LogP contribution in [0.1, 0.15) is 5.56 Å². The lowest BCUT2D eigenvalue weighted by atomic mass is 10.2. The van der Waals surface area contributed by atoms with Gasteiger partial charge in [0.2, 0.25) is 5.91 Å². The maximum Gasteiger partial charge on any atom is 0.228 e. The van der Waals surface area contributed by atoms with Gasteiger partial charge in [-0.1, -0.05) is 23.2 Å². The van der Waals surface area contributed by atoms with Crippen molar-refractivity contribution in [1.82, 2.24) is 0 Å². The van der Waals surface area contributed by atoms with Gasteiger partial charge in [-0.3, -0.25) is 4.79 Å². The van der Waals surface area contributed by atoms with Gasteiger partial charge in [0.15, 0.2) is 0 Å². The van der Waals surface area contributed by atoms with Crippen LogP contribution in [0.25, 0.3) is 0 Å². The van der Waals surface area contributed by atoms with Gasteiger partial charge in [-0.2, -0.15) is 11.3 Å². The van der Waals surface area contributed by atoms with E-state index in [4.69, 9.17) is 32.7 Å². The number of anilines is 1. The van der Waals surface area contributed by atoms with Crippen LogP contribution in [0.5, 0.6) is 5.75 Å². The second-order valence-electron chi connectivity index (χ2n) is 4.86. The van der Waals surface area contributed by atoms with Gasteiger partial charge in [0, 0.05) is 0 Å². The number of thiophene rings is 1. The zero-order chi connectivity index (χ0) is 15.5. The Kier molecular flexibility index (Phi) is 4.88. The van der Waals surface area contributed by atoms with E-state index in [1.807, 2.05) is 16.8 Å². The zero-order valence-electron chi connectivity index (χ0n) is 11.5. The Balaban J connectivity index is 1.65. The lowest BCUT2D eigenvalue weighted by molar-refractivity contribution is -0.115. The predicted molar refractivity (Wildman–Crippen MR) is 88.3 cm³/mol. The number of halogens is 2. The molecule has 0 aliphatic carbocycles. The van der Waals surface area contributed by atoms with Gasteiger partial charge < -0.3 is 14.8 Å². The number of amides is 1. The summed E-state index contributed by atoms with van der Waals surface area (Å²) >= 11 is 13.9. The highest BCUT2D eigenvalue weighted by Crippen LogP contribution is 2.37. The summed E-state index contributed by atoms with van der Waals surface area (Å²) in [6, 6.07) is 5.29. The molecule has 0 radical (unpaired) electrons. The maximum atomic E-state index is 12.0. The van der Waals surface area contributed by atoms with Crippen molar-refractivity contribution in [2.45, 2.75) is 12.5 Å². The fraction of sp³-hybridized carbons (Fsp3) is 0.267. The summed E-state index contributed by atoms with van der Waals surface area (Å²) in [6.07, 6.45) is 0.439. The Bertz CT molecular complexity index is 672. The van der Waals surface area contributed by atoms with Crippen molar-refractivity contribution in [1.29, 1.82) is 0 Å². The predicted octanol–water partition coefficient (Wildman–Crippen LogP) is 4.01. The Morgan fingerprint density at radius 3 is 2.86 bits per heavy atom. The lowest BCUT2D eigenvalue weighted by Crippen LogP contribution is -2.14. The van der Waals surface area contributed by atoms with Gasteiger partial charge in [0.05, 0.1) is 23.7 Å². The van der Waals surface area contributed by atoms with Gasteiger partial charge in [-0.15, -0.1) is 0 Å². The molecule has 1 atom stereocenters. The molecule has 1 saturated heterocycles. The molecule has 1 N–H and O–H groups in total. The van der Waals surface area contributed by atoms with Gasteiger partial charge >= 0.3 is 0 Å². The SMILES string of the molecule is O=C(Cc1ccsc1)Nc1ccc(OCC2CO2)c(Cl)c1Cl. The summed E-state index contributed by atoms with van der Waals surface area (Å²) in [7, 11) is 0. The van der Waals surface area contributed by atoms with Crippen molar-refractivity contribution in [2.24, 2.45) is 0 Å². The third-order valence-corrected chi connectivity index (χ3v) is 4.69. The average molecular weight is 358 g/mol. The van der Waals surface area contributed by atoms with Gasteiger partial charge in [0.1, 0.15) is 23.5 Å². The molecule has 0 saturated carbocycles. The molecule has 1 amide bonds. The highest BCUT2D eigenvalue weighted by molar-refractivity contribution is 7.08. The van der Waals surface area contributed by atoms with E-state index < -0.39 is 0 Å². The number of benzene rings is 1. The van der Waals surface area contributed by atoms with Crippen LogP contribution in [0.3, 0.4) is 0 Å². The van der Waals surface area contributed by atoms with E-state index in [0.717, 1.165) is 5.56 Å². The minimum absolute atomic E-state index is 0.139. The monoisotopic (exact) mass is 357 g/mol. The third kappa shape index (κ3) is 3.93. The van der Waals surface area contributed by atoms with Crippen molar-refractivity contribution in [3.05, 3.63) is 44.6 Å². The van der Waals surface area contributed by atoms with Crippen molar-refractivity contribution >= 4 is 46.1 Å². The molecule has 1 aliphatic rings. The topological polar surface area (TPSA) is 50.9 Å². The highest BCUT2D eigenvalue weighted by Gasteiger charge is 2.24. The molecular weight excluding hydrogens is 345 g/mol. The molecule has 1 aliphatic heterocycles. The second-order valence-corrected chi connectivity index (χ2v) is 6.40. The maximum absolute atomic E-state index is 12.0. The first-order chi connectivity index (χ1) is 10.6. The van der Waals surface area contributed by atoms with E-state index in [1.165, 1.54) is 0 Å². The molecule has 1 aromatic heterocycles. The van der Waals surface area contributed by atoms with Crippen LogP contribution in [0, 0.1) is 0 Å². The molecule has 1 fully saturated rings. The van der Waals surface area contributed by atoms with Crippen LogP contribution in [0.2, 0.25) is 10.0 Å². The molecule has 3 rings (SSSR count).